The third-order valence-corrected chi connectivity index (χ3v) is 4.21. The maximum Gasteiger partial charge on any atom is 0.119 e. The second kappa shape index (κ2) is 7.00. The first-order valence-electron chi connectivity index (χ1n) is 6.54. The largest absolute Gasteiger partial charge is 0.494 e. The van der Waals surface area contributed by atoms with Crippen LogP contribution in [0.1, 0.15) is 25.5 Å². The highest BCUT2D eigenvalue weighted by molar-refractivity contribution is 9.10. The Morgan fingerprint density at radius 3 is 2.50 bits per heavy atom. The van der Waals surface area contributed by atoms with Crippen molar-refractivity contribution in [1.82, 2.24) is 0 Å². The number of nitrogens with one attached hydrogen (secondary N) is 1. The third kappa shape index (κ3) is 3.90. The van der Waals surface area contributed by atoms with Gasteiger partial charge in [0.25, 0.3) is 0 Å². The number of ether oxygens (including phenoxy) is 1. The standard InChI is InChI=1S/C16H17BrClNO/c1-3-20-14-7-4-12(5-8-14)11(2)19-13-6-9-16(18)15(17)10-13/h4-11,19H,3H2,1-2H3. The lowest BCUT2D eigenvalue weighted by Gasteiger charge is -2.16. The minimum atomic E-state index is 0.207. The minimum Gasteiger partial charge on any atom is -0.494 e. The summed E-state index contributed by atoms with van der Waals surface area (Å²) < 4.78 is 6.34. The lowest BCUT2D eigenvalue weighted by Crippen LogP contribution is -2.06. The minimum absolute atomic E-state index is 0.207. The van der Waals surface area contributed by atoms with E-state index in [4.69, 9.17) is 16.3 Å². The molecular weight excluding hydrogens is 338 g/mol. The normalized spacial score (nSPS) is 12.0. The molecule has 0 spiro atoms. The second-order valence-corrected chi connectivity index (χ2v) is 5.76. The van der Waals surface area contributed by atoms with Crippen molar-refractivity contribution in [3.05, 3.63) is 57.5 Å². The van der Waals surface area contributed by atoms with Gasteiger partial charge in [-0.3, -0.25) is 0 Å². The lowest BCUT2D eigenvalue weighted by molar-refractivity contribution is 0.340. The Balaban J connectivity index is 2.06. The van der Waals surface area contributed by atoms with E-state index in [-0.39, 0.29) is 6.04 Å². The molecule has 2 nitrogen and oxygen atoms in total. The first-order valence-corrected chi connectivity index (χ1v) is 7.71. The quantitative estimate of drug-likeness (QED) is 0.746. The van der Waals surface area contributed by atoms with Gasteiger partial charge < -0.3 is 10.1 Å². The van der Waals surface area contributed by atoms with Crippen LogP contribution in [0.5, 0.6) is 5.75 Å². The molecule has 0 amide bonds. The summed E-state index contributed by atoms with van der Waals surface area (Å²) in [7, 11) is 0. The van der Waals surface area contributed by atoms with Crippen molar-refractivity contribution in [2.45, 2.75) is 19.9 Å². The highest BCUT2D eigenvalue weighted by atomic mass is 79.9. The molecule has 0 fully saturated rings. The molecule has 0 radical (unpaired) electrons. The van der Waals surface area contributed by atoms with Crippen molar-refractivity contribution in [2.75, 3.05) is 11.9 Å². The molecule has 2 aromatic carbocycles. The van der Waals surface area contributed by atoms with Crippen LogP contribution < -0.4 is 10.1 Å². The summed E-state index contributed by atoms with van der Waals surface area (Å²) >= 11 is 9.42. The van der Waals surface area contributed by atoms with Crippen LogP contribution in [0.4, 0.5) is 5.69 Å². The fraction of sp³-hybridized carbons (Fsp3) is 0.250. The van der Waals surface area contributed by atoms with Gasteiger partial charge in [-0.25, -0.2) is 0 Å². The Morgan fingerprint density at radius 2 is 1.90 bits per heavy atom. The van der Waals surface area contributed by atoms with Gasteiger partial charge in [-0.1, -0.05) is 23.7 Å². The predicted octanol–water partition coefficient (Wildman–Crippen LogP) is 5.67. The first-order chi connectivity index (χ1) is 9.60. The van der Waals surface area contributed by atoms with Gasteiger partial charge >= 0.3 is 0 Å². The summed E-state index contributed by atoms with van der Waals surface area (Å²) in [5.74, 6) is 0.901. The van der Waals surface area contributed by atoms with Crippen molar-refractivity contribution in [3.8, 4) is 5.75 Å². The maximum absolute atomic E-state index is 5.99. The molecular formula is C16H17BrClNO. The molecule has 2 aromatic rings. The Hall–Kier alpha value is -1.19. The van der Waals surface area contributed by atoms with Gasteiger partial charge in [0.1, 0.15) is 5.75 Å². The molecule has 0 aromatic heterocycles. The zero-order valence-corrected chi connectivity index (χ0v) is 13.8. The van der Waals surface area contributed by atoms with Gasteiger partial charge in [-0.2, -0.15) is 0 Å². The van der Waals surface area contributed by atoms with E-state index in [9.17, 15) is 0 Å². The molecule has 4 heteroatoms. The smallest absolute Gasteiger partial charge is 0.119 e. The fourth-order valence-corrected chi connectivity index (χ4v) is 2.43. The van der Waals surface area contributed by atoms with Crippen molar-refractivity contribution >= 4 is 33.2 Å². The number of benzene rings is 2. The molecule has 0 heterocycles. The predicted molar refractivity (Wildman–Crippen MR) is 88.8 cm³/mol. The van der Waals surface area contributed by atoms with Crippen LogP contribution in [-0.2, 0) is 0 Å². The molecule has 106 valence electrons. The van der Waals surface area contributed by atoms with Crippen molar-refractivity contribution < 1.29 is 4.74 Å². The van der Waals surface area contributed by atoms with E-state index in [2.05, 4.69) is 40.3 Å². The van der Waals surface area contributed by atoms with Crippen LogP contribution in [0.3, 0.4) is 0 Å². The van der Waals surface area contributed by atoms with Gasteiger partial charge in [0.05, 0.1) is 11.6 Å². The van der Waals surface area contributed by atoms with Gasteiger partial charge in [0, 0.05) is 16.2 Å². The Kier molecular flexibility index (Phi) is 5.32. The van der Waals surface area contributed by atoms with E-state index < -0.39 is 0 Å². The molecule has 1 atom stereocenters. The number of anilines is 1. The average Bonchev–Trinajstić information content (AvgIpc) is 2.44. The summed E-state index contributed by atoms with van der Waals surface area (Å²) in [4.78, 5) is 0. The van der Waals surface area contributed by atoms with Crippen molar-refractivity contribution in [2.24, 2.45) is 0 Å². The van der Waals surface area contributed by atoms with Crippen molar-refractivity contribution in [1.29, 1.82) is 0 Å². The SMILES string of the molecule is CCOc1ccc(C(C)Nc2ccc(Cl)c(Br)c2)cc1. The molecule has 20 heavy (non-hydrogen) atoms. The molecule has 0 saturated carbocycles. The summed E-state index contributed by atoms with van der Waals surface area (Å²) in [6, 6.07) is 14.2. The van der Waals surface area contributed by atoms with E-state index >= 15 is 0 Å². The molecule has 0 saturated heterocycles. The number of hydrogen-bond acceptors (Lipinski definition) is 2. The molecule has 1 unspecified atom stereocenters. The second-order valence-electron chi connectivity index (χ2n) is 4.50. The third-order valence-electron chi connectivity index (χ3n) is 2.99. The van der Waals surface area contributed by atoms with Crippen LogP contribution in [0.15, 0.2) is 46.9 Å². The van der Waals surface area contributed by atoms with Gasteiger partial charge in [-0.15, -0.1) is 0 Å². The van der Waals surface area contributed by atoms with Crippen LogP contribution in [0.2, 0.25) is 5.02 Å². The summed E-state index contributed by atoms with van der Waals surface area (Å²) in [5, 5.41) is 4.16. The Bertz CT molecular complexity index is 571. The zero-order valence-electron chi connectivity index (χ0n) is 11.5. The van der Waals surface area contributed by atoms with E-state index in [0.717, 1.165) is 15.9 Å². The summed E-state index contributed by atoms with van der Waals surface area (Å²) in [5.41, 5.74) is 2.24. The maximum atomic E-state index is 5.99. The molecule has 0 aliphatic carbocycles. The first kappa shape index (κ1) is 15.2. The lowest BCUT2D eigenvalue weighted by atomic mass is 10.1. The summed E-state index contributed by atoms with van der Waals surface area (Å²) in [6.45, 7) is 4.79. The van der Waals surface area contributed by atoms with E-state index in [1.807, 2.05) is 37.3 Å². The van der Waals surface area contributed by atoms with Crippen molar-refractivity contribution in [3.63, 3.8) is 0 Å². The average molecular weight is 355 g/mol. The Morgan fingerprint density at radius 1 is 1.20 bits per heavy atom. The molecule has 0 bridgehead atoms. The highest BCUT2D eigenvalue weighted by Gasteiger charge is 2.06. The van der Waals surface area contributed by atoms with E-state index in [0.29, 0.717) is 11.6 Å². The highest BCUT2D eigenvalue weighted by Crippen LogP contribution is 2.28. The Labute approximate surface area is 133 Å². The number of hydrogen-bond donors (Lipinski definition) is 1. The van der Waals surface area contributed by atoms with Gasteiger partial charge in [-0.05, 0) is 65.7 Å². The monoisotopic (exact) mass is 353 g/mol. The topological polar surface area (TPSA) is 21.3 Å². The zero-order chi connectivity index (χ0) is 14.5. The van der Waals surface area contributed by atoms with Crippen LogP contribution in [0, 0.1) is 0 Å². The number of rotatable bonds is 5. The molecule has 0 aliphatic heterocycles. The van der Waals surface area contributed by atoms with Gasteiger partial charge in [0.2, 0.25) is 0 Å². The summed E-state index contributed by atoms with van der Waals surface area (Å²) in [6.07, 6.45) is 0. The van der Waals surface area contributed by atoms with Crippen LogP contribution in [-0.4, -0.2) is 6.61 Å². The van der Waals surface area contributed by atoms with Crippen LogP contribution in [0.25, 0.3) is 0 Å². The fourth-order valence-electron chi connectivity index (χ4n) is 1.94. The number of halogens is 2. The van der Waals surface area contributed by atoms with Crippen LogP contribution >= 0.6 is 27.5 Å². The van der Waals surface area contributed by atoms with E-state index in [1.165, 1.54) is 5.56 Å². The molecule has 0 aliphatic rings. The van der Waals surface area contributed by atoms with E-state index in [1.54, 1.807) is 0 Å². The molecule has 2 rings (SSSR count). The van der Waals surface area contributed by atoms with Gasteiger partial charge in [0.15, 0.2) is 0 Å². The molecule has 1 N–H and O–H groups in total.